The van der Waals surface area contributed by atoms with Crippen LogP contribution in [-0.2, 0) is 17.1 Å². The van der Waals surface area contributed by atoms with Crippen LogP contribution < -0.4 is 10.0 Å². The van der Waals surface area contributed by atoms with E-state index in [1.807, 2.05) is 31.4 Å². The van der Waals surface area contributed by atoms with Gasteiger partial charge in [0.25, 0.3) is 5.91 Å². The predicted molar refractivity (Wildman–Crippen MR) is 91.0 cm³/mol. The van der Waals surface area contributed by atoms with Gasteiger partial charge in [-0.3, -0.25) is 4.79 Å². The molecule has 0 spiro atoms. The minimum Gasteiger partial charge on any atom is -0.345 e. The molecule has 2 N–H and O–H groups in total. The van der Waals surface area contributed by atoms with Gasteiger partial charge >= 0.3 is 0 Å². The predicted octanol–water partition coefficient (Wildman–Crippen LogP) is 2.12. The second-order valence-corrected chi connectivity index (χ2v) is 8.46. The summed E-state index contributed by atoms with van der Waals surface area (Å²) in [7, 11) is -0.577. The molecule has 126 valence electrons. The molecule has 2 rings (SSSR count). The molecule has 23 heavy (non-hydrogen) atoms. The van der Waals surface area contributed by atoms with Gasteiger partial charge in [0, 0.05) is 18.1 Å². The van der Waals surface area contributed by atoms with Crippen molar-refractivity contribution in [3.63, 3.8) is 0 Å². The van der Waals surface area contributed by atoms with Crippen LogP contribution in [0.1, 0.15) is 35.3 Å². The van der Waals surface area contributed by atoms with Crippen molar-refractivity contribution < 1.29 is 13.2 Å². The summed E-state index contributed by atoms with van der Waals surface area (Å²) >= 11 is 1.59. The molecular weight excluding hydrogens is 334 g/mol. The summed E-state index contributed by atoms with van der Waals surface area (Å²) in [6.07, 6.45) is 1.43. The quantitative estimate of drug-likeness (QED) is 0.833. The van der Waals surface area contributed by atoms with Crippen LogP contribution in [-0.4, -0.2) is 25.9 Å². The van der Waals surface area contributed by atoms with Gasteiger partial charge in [-0.2, -0.15) is 0 Å². The molecule has 1 atom stereocenters. The van der Waals surface area contributed by atoms with Crippen LogP contribution in [0.4, 0.5) is 0 Å². The number of nitrogens with zero attached hydrogens (tertiary/aromatic N) is 1. The Bertz CT molecular complexity index is 777. The first-order chi connectivity index (χ1) is 10.8. The lowest BCUT2D eigenvalue weighted by Gasteiger charge is -2.21. The molecule has 1 amide bonds. The van der Waals surface area contributed by atoms with Crippen molar-refractivity contribution >= 4 is 27.3 Å². The van der Waals surface area contributed by atoms with Crippen molar-refractivity contribution in [2.75, 3.05) is 7.05 Å². The number of thiophene rings is 1. The number of hydrogen-bond acceptors (Lipinski definition) is 4. The van der Waals surface area contributed by atoms with Crippen molar-refractivity contribution in [3.05, 3.63) is 40.3 Å². The van der Waals surface area contributed by atoms with E-state index in [0.717, 1.165) is 4.88 Å². The lowest BCUT2D eigenvalue weighted by molar-refractivity contribution is 0.0918. The van der Waals surface area contributed by atoms with E-state index in [1.54, 1.807) is 18.4 Å². The molecule has 0 aliphatic carbocycles. The number of aromatic nitrogens is 1. The normalized spacial score (nSPS) is 13.3. The minimum absolute atomic E-state index is 0.0740. The Morgan fingerprint density at radius 1 is 1.35 bits per heavy atom. The standard InChI is InChI=1S/C15H21N3O3S2/c1-10(2)14(13-6-5-7-22-13)17-15(19)12-8-11(9-18(12)4)23(20,21)16-3/h5-10,14,16H,1-4H3,(H,17,19). The summed E-state index contributed by atoms with van der Waals surface area (Å²) in [6.45, 7) is 4.07. The molecule has 0 aliphatic rings. The summed E-state index contributed by atoms with van der Waals surface area (Å²) in [5, 5.41) is 4.96. The van der Waals surface area contributed by atoms with Gasteiger partial charge in [-0.25, -0.2) is 13.1 Å². The van der Waals surface area contributed by atoms with E-state index in [9.17, 15) is 13.2 Å². The van der Waals surface area contributed by atoms with Crippen LogP contribution in [0.5, 0.6) is 0 Å². The number of nitrogens with one attached hydrogen (secondary N) is 2. The van der Waals surface area contributed by atoms with Crippen molar-refractivity contribution in [1.29, 1.82) is 0 Å². The molecule has 6 nitrogen and oxygen atoms in total. The molecular formula is C15H21N3O3S2. The summed E-state index contributed by atoms with van der Waals surface area (Å²) < 4.78 is 27.5. The number of carbonyl (C=O) groups is 1. The third-order valence-corrected chi connectivity index (χ3v) is 5.93. The highest BCUT2D eigenvalue weighted by atomic mass is 32.2. The number of aryl methyl sites for hydroxylation is 1. The molecule has 0 saturated heterocycles. The Balaban J connectivity index is 2.27. The monoisotopic (exact) mass is 355 g/mol. The molecule has 0 aromatic carbocycles. The summed E-state index contributed by atoms with van der Waals surface area (Å²) in [6, 6.07) is 5.20. The first-order valence-corrected chi connectivity index (χ1v) is 9.56. The third-order valence-electron chi connectivity index (χ3n) is 3.59. The molecule has 0 saturated carbocycles. The fraction of sp³-hybridized carbons (Fsp3) is 0.400. The van der Waals surface area contributed by atoms with Gasteiger partial charge in [0.2, 0.25) is 10.0 Å². The van der Waals surface area contributed by atoms with Crippen LogP contribution in [0.15, 0.2) is 34.7 Å². The van der Waals surface area contributed by atoms with Crippen LogP contribution in [0.3, 0.4) is 0 Å². The Labute approximate surface area is 140 Å². The molecule has 0 aliphatic heterocycles. The Morgan fingerprint density at radius 2 is 2.04 bits per heavy atom. The number of hydrogen-bond donors (Lipinski definition) is 2. The maximum Gasteiger partial charge on any atom is 0.268 e. The molecule has 2 heterocycles. The van der Waals surface area contributed by atoms with Gasteiger partial charge in [0.1, 0.15) is 10.6 Å². The maximum absolute atomic E-state index is 12.6. The van der Waals surface area contributed by atoms with Gasteiger partial charge in [0.15, 0.2) is 0 Å². The number of rotatable bonds is 6. The van der Waals surface area contributed by atoms with Crippen LogP contribution >= 0.6 is 11.3 Å². The van der Waals surface area contributed by atoms with Crippen molar-refractivity contribution in [2.45, 2.75) is 24.8 Å². The van der Waals surface area contributed by atoms with Crippen LogP contribution in [0.2, 0.25) is 0 Å². The van der Waals surface area contributed by atoms with E-state index in [4.69, 9.17) is 0 Å². The first-order valence-electron chi connectivity index (χ1n) is 7.20. The zero-order valence-corrected chi connectivity index (χ0v) is 15.2. The third kappa shape index (κ3) is 3.82. The highest BCUT2D eigenvalue weighted by molar-refractivity contribution is 7.89. The average Bonchev–Trinajstić information content (AvgIpc) is 3.13. The van der Waals surface area contributed by atoms with Gasteiger partial charge in [-0.1, -0.05) is 19.9 Å². The molecule has 0 fully saturated rings. The average molecular weight is 355 g/mol. The zero-order chi connectivity index (χ0) is 17.2. The molecule has 2 aromatic rings. The SMILES string of the molecule is CNS(=O)(=O)c1cc(C(=O)NC(c2cccs2)C(C)C)n(C)c1. The maximum atomic E-state index is 12.6. The number of carbonyl (C=O) groups excluding carboxylic acids is 1. The Hall–Kier alpha value is -1.64. The van der Waals surface area contributed by atoms with Gasteiger partial charge < -0.3 is 9.88 Å². The zero-order valence-electron chi connectivity index (χ0n) is 13.5. The molecule has 0 bridgehead atoms. The van der Waals surface area contributed by atoms with Gasteiger partial charge in [-0.15, -0.1) is 11.3 Å². The molecule has 2 aromatic heterocycles. The second-order valence-electron chi connectivity index (χ2n) is 5.59. The summed E-state index contributed by atoms with van der Waals surface area (Å²) in [5.74, 6) is -0.0736. The van der Waals surface area contributed by atoms with Crippen LogP contribution in [0, 0.1) is 5.92 Å². The van der Waals surface area contributed by atoms with Crippen molar-refractivity contribution in [2.24, 2.45) is 13.0 Å². The van der Waals surface area contributed by atoms with Gasteiger partial charge in [0.05, 0.1) is 6.04 Å². The molecule has 0 radical (unpaired) electrons. The topological polar surface area (TPSA) is 80.2 Å². The van der Waals surface area contributed by atoms with E-state index in [-0.39, 0.29) is 22.8 Å². The van der Waals surface area contributed by atoms with E-state index >= 15 is 0 Å². The van der Waals surface area contributed by atoms with Crippen molar-refractivity contribution in [3.8, 4) is 0 Å². The Kier molecular flexibility index (Phi) is 5.28. The van der Waals surface area contributed by atoms with E-state index in [0.29, 0.717) is 5.69 Å². The smallest absolute Gasteiger partial charge is 0.268 e. The highest BCUT2D eigenvalue weighted by Gasteiger charge is 2.23. The molecule has 8 heteroatoms. The summed E-state index contributed by atoms with van der Waals surface area (Å²) in [5.41, 5.74) is 0.307. The van der Waals surface area contributed by atoms with Crippen LogP contribution in [0.25, 0.3) is 0 Å². The van der Waals surface area contributed by atoms with E-state index in [2.05, 4.69) is 10.0 Å². The van der Waals surface area contributed by atoms with Crippen molar-refractivity contribution in [1.82, 2.24) is 14.6 Å². The molecule has 1 unspecified atom stereocenters. The largest absolute Gasteiger partial charge is 0.345 e. The number of sulfonamides is 1. The lowest BCUT2D eigenvalue weighted by atomic mass is 10.0. The van der Waals surface area contributed by atoms with E-state index < -0.39 is 10.0 Å². The van der Waals surface area contributed by atoms with Gasteiger partial charge in [-0.05, 0) is 30.5 Å². The second kappa shape index (κ2) is 6.86. The fourth-order valence-corrected chi connectivity index (χ4v) is 4.02. The number of amides is 1. The summed E-state index contributed by atoms with van der Waals surface area (Å²) in [4.78, 5) is 13.7. The minimum atomic E-state index is -3.57. The Morgan fingerprint density at radius 3 is 2.57 bits per heavy atom. The highest BCUT2D eigenvalue weighted by Crippen LogP contribution is 2.26. The lowest BCUT2D eigenvalue weighted by Crippen LogP contribution is -2.32. The fourth-order valence-electron chi connectivity index (χ4n) is 2.27. The van der Waals surface area contributed by atoms with E-state index in [1.165, 1.54) is 23.9 Å². The first kappa shape index (κ1) is 17.7.